The maximum atomic E-state index is 12.9. The normalized spacial score (nSPS) is 13.0. The van der Waals surface area contributed by atoms with Gasteiger partial charge in [-0.15, -0.1) is 0 Å². The SMILES string of the molecule is C[C@H](O)Cc1ccc(F)c(F)c1F. The molecule has 0 radical (unpaired) electrons. The van der Waals surface area contributed by atoms with Crippen LogP contribution in [-0.4, -0.2) is 11.2 Å². The smallest absolute Gasteiger partial charge is 0.194 e. The van der Waals surface area contributed by atoms with E-state index in [2.05, 4.69) is 0 Å². The fourth-order valence-electron chi connectivity index (χ4n) is 1.04. The Morgan fingerprint density at radius 3 is 2.38 bits per heavy atom. The van der Waals surface area contributed by atoms with Crippen molar-refractivity contribution in [2.45, 2.75) is 19.4 Å². The van der Waals surface area contributed by atoms with Gasteiger partial charge in [-0.1, -0.05) is 6.07 Å². The van der Waals surface area contributed by atoms with Crippen molar-refractivity contribution < 1.29 is 18.3 Å². The van der Waals surface area contributed by atoms with Crippen LogP contribution in [-0.2, 0) is 6.42 Å². The lowest BCUT2D eigenvalue weighted by molar-refractivity contribution is 0.193. The number of hydrogen-bond acceptors (Lipinski definition) is 1. The zero-order valence-electron chi connectivity index (χ0n) is 7.02. The van der Waals surface area contributed by atoms with Crippen molar-refractivity contribution in [3.8, 4) is 0 Å². The van der Waals surface area contributed by atoms with E-state index in [4.69, 9.17) is 5.11 Å². The maximum Gasteiger partial charge on any atom is 0.194 e. The van der Waals surface area contributed by atoms with E-state index in [9.17, 15) is 13.2 Å². The van der Waals surface area contributed by atoms with Gasteiger partial charge in [0.1, 0.15) is 0 Å². The molecule has 1 nitrogen and oxygen atoms in total. The van der Waals surface area contributed by atoms with Crippen molar-refractivity contribution in [3.63, 3.8) is 0 Å². The predicted octanol–water partition coefficient (Wildman–Crippen LogP) is 2.03. The van der Waals surface area contributed by atoms with Crippen LogP contribution < -0.4 is 0 Å². The minimum Gasteiger partial charge on any atom is -0.393 e. The number of aliphatic hydroxyl groups is 1. The minimum atomic E-state index is -1.49. The van der Waals surface area contributed by atoms with Gasteiger partial charge in [0.15, 0.2) is 17.5 Å². The second-order valence-electron chi connectivity index (χ2n) is 2.89. The first-order valence-electron chi connectivity index (χ1n) is 3.82. The van der Waals surface area contributed by atoms with Gasteiger partial charge in [0, 0.05) is 6.42 Å². The first kappa shape index (κ1) is 10.1. The monoisotopic (exact) mass is 190 g/mol. The van der Waals surface area contributed by atoms with Crippen molar-refractivity contribution in [1.29, 1.82) is 0 Å². The molecule has 0 bridgehead atoms. The lowest BCUT2D eigenvalue weighted by Crippen LogP contribution is -2.07. The predicted molar refractivity (Wildman–Crippen MR) is 41.7 cm³/mol. The molecule has 1 rings (SSSR count). The minimum absolute atomic E-state index is 0.0195. The van der Waals surface area contributed by atoms with Crippen LogP contribution in [0.5, 0.6) is 0 Å². The molecule has 1 N–H and O–H groups in total. The van der Waals surface area contributed by atoms with Crippen LogP contribution in [0, 0.1) is 17.5 Å². The summed E-state index contributed by atoms with van der Waals surface area (Å²) in [4.78, 5) is 0. The Labute approximate surface area is 73.8 Å². The van der Waals surface area contributed by atoms with Crippen molar-refractivity contribution in [3.05, 3.63) is 35.1 Å². The third-order valence-electron chi connectivity index (χ3n) is 1.63. The summed E-state index contributed by atoms with van der Waals surface area (Å²) in [7, 11) is 0. The van der Waals surface area contributed by atoms with E-state index in [1.165, 1.54) is 6.92 Å². The molecule has 0 aliphatic carbocycles. The van der Waals surface area contributed by atoms with Gasteiger partial charge in [0.05, 0.1) is 6.10 Å². The molecule has 1 aromatic rings. The lowest BCUT2D eigenvalue weighted by atomic mass is 10.1. The second kappa shape index (κ2) is 3.79. The Balaban J connectivity index is 3.04. The highest BCUT2D eigenvalue weighted by atomic mass is 19.2. The van der Waals surface area contributed by atoms with Crippen LogP contribution >= 0.6 is 0 Å². The lowest BCUT2D eigenvalue weighted by Gasteiger charge is -2.06. The van der Waals surface area contributed by atoms with Crippen LogP contribution in [0.15, 0.2) is 12.1 Å². The molecule has 0 saturated heterocycles. The number of benzene rings is 1. The van der Waals surface area contributed by atoms with Crippen LogP contribution in [0.1, 0.15) is 12.5 Å². The van der Waals surface area contributed by atoms with E-state index >= 15 is 0 Å². The molecule has 0 heterocycles. The van der Waals surface area contributed by atoms with Gasteiger partial charge in [-0.2, -0.15) is 0 Å². The third-order valence-corrected chi connectivity index (χ3v) is 1.63. The van der Waals surface area contributed by atoms with Crippen LogP contribution in [0.3, 0.4) is 0 Å². The van der Waals surface area contributed by atoms with Crippen molar-refractivity contribution in [2.75, 3.05) is 0 Å². The highest BCUT2D eigenvalue weighted by molar-refractivity contribution is 5.20. The molecule has 0 saturated carbocycles. The summed E-state index contributed by atoms with van der Waals surface area (Å²) in [5.41, 5.74) is -0.0195. The fourth-order valence-corrected chi connectivity index (χ4v) is 1.04. The van der Waals surface area contributed by atoms with E-state index in [1.807, 2.05) is 0 Å². The Morgan fingerprint density at radius 2 is 1.85 bits per heavy atom. The van der Waals surface area contributed by atoms with Gasteiger partial charge in [-0.25, -0.2) is 13.2 Å². The van der Waals surface area contributed by atoms with E-state index in [-0.39, 0.29) is 12.0 Å². The standard InChI is InChI=1S/C9H9F3O/c1-5(13)4-6-2-3-7(10)9(12)8(6)11/h2-3,5,13H,4H2,1H3/t5-/m0/s1. The largest absolute Gasteiger partial charge is 0.393 e. The Bertz CT molecular complexity index is 310. The van der Waals surface area contributed by atoms with Gasteiger partial charge in [0.2, 0.25) is 0 Å². The molecule has 72 valence electrons. The summed E-state index contributed by atoms with van der Waals surface area (Å²) in [5, 5.41) is 8.91. The molecule has 0 fully saturated rings. The summed E-state index contributed by atoms with van der Waals surface area (Å²) >= 11 is 0. The van der Waals surface area contributed by atoms with E-state index in [0.717, 1.165) is 12.1 Å². The van der Waals surface area contributed by atoms with Crippen LogP contribution in [0.4, 0.5) is 13.2 Å². The van der Waals surface area contributed by atoms with Gasteiger partial charge >= 0.3 is 0 Å². The first-order valence-corrected chi connectivity index (χ1v) is 3.82. The molecule has 0 aromatic heterocycles. The summed E-state index contributed by atoms with van der Waals surface area (Å²) in [6.45, 7) is 1.45. The molecule has 0 aliphatic rings. The number of hydrogen-bond donors (Lipinski definition) is 1. The Morgan fingerprint density at radius 1 is 1.23 bits per heavy atom. The molecule has 1 aromatic carbocycles. The van der Waals surface area contributed by atoms with Crippen molar-refractivity contribution in [1.82, 2.24) is 0 Å². The van der Waals surface area contributed by atoms with E-state index in [0.29, 0.717) is 0 Å². The average Bonchev–Trinajstić information content (AvgIpc) is 2.06. The molecular formula is C9H9F3O. The number of halogens is 3. The van der Waals surface area contributed by atoms with Crippen LogP contribution in [0.2, 0.25) is 0 Å². The van der Waals surface area contributed by atoms with Crippen molar-refractivity contribution >= 4 is 0 Å². The zero-order valence-corrected chi connectivity index (χ0v) is 7.02. The summed E-state index contributed by atoms with van der Waals surface area (Å²) < 4.78 is 37.9. The zero-order chi connectivity index (χ0) is 10.0. The molecule has 1 atom stereocenters. The highest BCUT2D eigenvalue weighted by Crippen LogP contribution is 2.16. The van der Waals surface area contributed by atoms with E-state index in [1.54, 1.807) is 0 Å². The van der Waals surface area contributed by atoms with Gasteiger partial charge in [0.25, 0.3) is 0 Å². The topological polar surface area (TPSA) is 20.2 Å². The number of aliphatic hydroxyl groups excluding tert-OH is 1. The molecule has 0 spiro atoms. The van der Waals surface area contributed by atoms with E-state index < -0.39 is 23.6 Å². The molecule has 0 aliphatic heterocycles. The Kier molecular flexibility index (Phi) is 2.93. The highest BCUT2D eigenvalue weighted by Gasteiger charge is 2.13. The number of rotatable bonds is 2. The van der Waals surface area contributed by atoms with Crippen molar-refractivity contribution in [2.24, 2.45) is 0 Å². The second-order valence-corrected chi connectivity index (χ2v) is 2.89. The molecule has 4 heteroatoms. The summed E-state index contributed by atoms with van der Waals surface area (Å²) in [6.07, 6.45) is -0.803. The van der Waals surface area contributed by atoms with Gasteiger partial charge < -0.3 is 5.11 Å². The van der Waals surface area contributed by atoms with Crippen LogP contribution in [0.25, 0.3) is 0 Å². The third kappa shape index (κ3) is 2.21. The Hall–Kier alpha value is -1.03. The summed E-state index contributed by atoms with van der Waals surface area (Å²) in [5.74, 6) is -3.93. The molecular weight excluding hydrogens is 181 g/mol. The first-order chi connectivity index (χ1) is 6.02. The molecule has 0 amide bonds. The quantitative estimate of drug-likeness (QED) is 0.707. The summed E-state index contributed by atoms with van der Waals surface area (Å²) in [6, 6.07) is 1.97. The van der Waals surface area contributed by atoms with Gasteiger partial charge in [-0.3, -0.25) is 0 Å². The average molecular weight is 190 g/mol. The fraction of sp³-hybridized carbons (Fsp3) is 0.333. The molecule has 0 unspecified atom stereocenters. The molecule has 13 heavy (non-hydrogen) atoms. The van der Waals surface area contributed by atoms with Gasteiger partial charge in [-0.05, 0) is 18.6 Å². The maximum absolute atomic E-state index is 12.9.